The minimum atomic E-state index is -0.991. The van der Waals surface area contributed by atoms with Gasteiger partial charge in [-0.3, -0.25) is 14.5 Å². The van der Waals surface area contributed by atoms with Gasteiger partial charge in [0.15, 0.2) is 0 Å². The molecule has 2 heterocycles. The number of carbonyl (C=O) groups excluding carboxylic acids is 2. The van der Waals surface area contributed by atoms with Crippen LogP contribution in [-0.4, -0.2) is 33.9 Å². The summed E-state index contributed by atoms with van der Waals surface area (Å²) in [6, 6.07) is 26.2. The van der Waals surface area contributed by atoms with Crippen LogP contribution in [0.5, 0.6) is 5.75 Å². The molecule has 5 rings (SSSR count). The van der Waals surface area contributed by atoms with Crippen LogP contribution >= 0.6 is 0 Å². The van der Waals surface area contributed by atoms with Crippen molar-refractivity contribution in [3.05, 3.63) is 109 Å². The molecule has 5 aromatic rings. The Bertz CT molecular complexity index is 1500. The topological polar surface area (TPSA) is 102 Å². The van der Waals surface area contributed by atoms with Crippen molar-refractivity contribution in [2.75, 3.05) is 12.0 Å². The first kappa shape index (κ1) is 23.8. The highest BCUT2D eigenvalue weighted by Crippen LogP contribution is 2.35. The van der Waals surface area contributed by atoms with E-state index in [9.17, 15) is 9.59 Å². The van der Waals surface area contributed by atoms with Gasteiger partial charge in [-0.15, -0.1) is 5.10 Å². The summed E-state index contributed by atoms with van der Waals surface area (Å²) in [6.07, 6.45) is 1.54. The van der Waals surface area contributed by atoms with Gasteiger partial charge in [-0.2, -0.15) is 0 Å². The van der Waals surface area contributed by atoms with Crippen molar-refractivity contribution in [3.63, 3.8) is 0 Å². The number of aromatic nitrogens is 3. The van der Waals surface area contributed by atoms with Crippen molar-refractivity contribution in [1.82, 2.24) is 20.3 Å². The van der Waals surface area contributed by atoms with Crippen molar-refractivity contribution in [2.24, 2.45) is 0 Å². The third-order valence-electron chi connectivity index (χ3n) is 5.96. The third kappa shape index (κ3) is 5.06. The van der Waals surface area contributed by atoms with E-state index in [4.69, 9.17) is 9.15 Å². The van der Waals surface area contributed by atoms with Gasteiger partial charge in [-0.1, -0.05) is 59.8 Å². The van der Waals surface area contributed by atoms with E-state index in [1.807, 2.05) is 60.7 Å². The van der Waals surface area contributed by atoms with Crippen molar-refractivity contribution in [1.29, 1.82) is 0 Å². The minimum Gasteiger partial charge on any atom is -0.495 e. The molecule has 0 aliphatic heterocycles. The summed E-state index contributed by atoms with van der Waals surface area (Å²) in [4.78, 5) is 29.3. The molecule has 2 amide bonds. The number of methoxy groups -OCH3 is 1. The fourth-order valence-electron chi connectivity index (χ4n) is 4.22. The van der Waals surface area contributed by atoms with Crippen LogP contribution in [0.2, 0.25) is 0 Å². The Balaban J connectivity index is 1.57. The maximum Gasteiger partial charge on any atom is 0.249 e. The number of fused-ring (bicyclic) bond motifs is 1. The summed E-state index contributed by atoms with van der Waals surface area (Å²) in [5.41, 5.74) is 2.49. The van der Waals surface area contributed by atoms with Crippen LogP contribution in [-0.2, 0) is 22.7 Å². The second-order valence-electron chi connectivity index (χ2n) is 8.28. The van der Waals surface area contributed by atoms with Gasteiger partial charge in [0.2, 0.25) is 11.8 Å². The van der Waals surface area contributed by atoms with Gasteiger partial charge in [-0.05, 0) is 42.0 Å². The largest absolute Gasteiger partial charge is 0.495 e. The first-order valence-corrected chi connectivity index (χ1v) is 11.7. The average molecular weight is 496 g/mol. The first-order valence-electron chi connectivity index (χ1n) is 11.7. The highest BCUT2D eigenvalue weighted by atomic mass is 16.5. The Hall–Kier alpha value is -4.92. The molecule has 1 atom stereocenters. The number of furan rings is 1. The molecule has 0 fully saturated rings. The Morgan fingerprint density at radius 1 is 0.973 bits per heavy atom. The van der Waals surface area contributed by atoms with Crippen LogP contribution < -0.4 is 15.0 Å². The number of benzene rings is 3. The second-order valence-corrected chi connectivity index (χ2v) is 8.28. The molecule has 186 valence electrons. The number of hydrogen-bond donors (Lipinski definition) is 1. The van der Waals surface area contributed by atoms with E-state index in [2.05, 4.69) is 15.6 Å². The average Bonchev–Trinajstić information content (AvgIpc) is 3.61. The Morgan fingerprint density at radius 3 is 2.51 bits per heavy atom. The maximum atomic E-state index is 14.1. The molecule has 2 aromatic heterocycles. The molecule has 0 aliphatic carbocycles. The smallest absolute Gasteiger partial charge is 0.249 e. The van der Waals surface area contributed by atoms with Crippen LogP contribution in [0.15, 0.2) is 102 Å². The number of para-hydroxylation sites is 3. The monoisotopic (exact) mass is 495 g/mol. The van der Waals surface area contributed by atoms with Crippen molar-refractivity contribution in [2.45, 2.75) is 19.1 Å². The lowest BCUT2D eigenvalue weighted by atomic mass is 10.0. The lowest BCUT2D eigenvalue weighted by Gasteiger charge is -2.32. The maximum absolute atomic E-state index is 14.1. The zero-order chi connectivity index (χ0) is 25.6. The number of ether oxygens (including phenoxy) is 1. The predicted molar refractivity (Wildman–Crippen MR) is 138 cm³/mol. The van der Waals surface area contributed by atoms with Crippen molar-refractivity contribution < 1.29 is 18.7 Å². The number of rotatable bonds is 9. The summed E-state index contributed by atoms with van der Waals surface area (Å²) in [5, 5.41) is 11.2. The fraction of sp³-hybridized carbons (Fsp3) is 0.143. The zero-order valence-electron chi connectivity index (χ0n) is 20.2. The van der Waals surface area contributed by atoms with E-state index in [-0.39, 0.29) is 24.9 Å². The van der Waals surface area contributed by atoms with Crippen molar-refractivity contribution in [3.8, 4) is 5.75 Å². The number of anilines is 1. The molecule has 0 saturated heterocycles. The van der Waals surface area contributed by atoms with Crippen LogP contribution in [0.1, 0.15) is 17.4 Å². The van der Waals surface area contributed by atoms with Crippen molar-refractivity contribution >= 4 is 28.5 Å². The molecule has 0 bridgehead atoms. The second kappa shape index (κ2) is 10.8. The molecule has 0 saturated carbocycles. The first-order chi connectivity index (χ1) is 18.2. The number of amides is 2. The number of nitrogens with zero attached hydrogens (tertiary/aromatic N) is 4. The van der Waals surface area contributed by atoms with Crippen LogP contribution in [0.3, 0.4) is 0 Å². The SMILES string of the molecule is COc1ccccc1N(C(=O)Cn1nnc2ccccc21)[C@H](C(=O)NCc1ccco1)c1ccccc1. The summed E-state index contributed by atoms with van der Waals surface area (Å²) in [6.45, 7) is 0.0458. The molecule has 9 nitrogen and oxygen atoms in total. The minimum absolute atomic E-state index is 0.132. The van der Waals surface area contributed by atoms with Gasteiger partial charge in [0.25, 0.3) is 0 Å². The summed E-state index contributed by atoms with van der Waals surface area (Å²) in [5.74, 6) is 0.330. The van der Waals surface area contributed by atoms with E-state index >= 15 is 0 Å². The van der Waals surface area contributed by atoms with E-state index < -0.39 is 6.04 Å². The molecule has 1 N–H and O–H groups in total. The van der Waals surface area contributed by atoms with Gasteiger partial charge >= 0.3 is 0 Å². The van der Waals surface area contributed by atoms with Crippen LogP contribution in [0.25, 0.3) is 11.0 Å². The van der Waals surface area contributed by atoms with Gasteiger partial charge in [-0.25, -0.2) is 4.68 Å². The van der Waals surface area contributed by atoms with Gasteiger partial charge < -0.3 is 14.5 Å². The third-order valence-corrected chi connectivity index (χ3v) is 5.96. The predicted octanol–water partition coefficient (Wildman–Crippen LogP) is 4.12. The lowest BCUT2D eigenvalue weighted by Crippen LogP contribution is -2.45. The molecule has 9 heteroatoms. The van der Waals surface area contributed by atoms with Gasteiger partial charge in [0.1, 0.15) is 29.6 Å². The van der Waals surface area contributed by atoms with E-state index in [0.717, 1.165) is 0 Å². The molecule has 0 radical (unpaired) electrons. The molecule has 3 aromatic carbocycles. The lowest BCUT2D eigenvalue weighted by molar-refractivity contribution is -0.127. The highest BCUT2D eigenvalue weighted by Gasteiger charge is 2.34. The standard InChI is InChI=1S/C28H25N5O4/c1-36-25-16-8-7-15-24(25)33(26(34)19-32-23-14-6-5-13-22(23)30-31-32)27(20-10-3-2-4-11-20)28(35)29-18-21-12-9-17-37-21/h2-17,27H,18-19H2,1H3,(H,29,35)/t27-/m0/s1. The van der Waals surface area contributed by atoms with Crippen LogP contribution in [0.4, 0.5) is 5.69 Å². The zero-order valence-corrected chi connectivity index (χ0v) is 20.2. The Morgan fingerprint density at radius 2 is 1.73 bits per heavy atom. The highest BCUT2D eigenvalue weighted by molar-refractivity contribution is 6.02. The number of carbonyl (C=O) groups is 2. The van der Waals surface area contributed by atoms with Gasteiger partial charge in [0.05, 0.1) is 31.1 Å². The molecule has 0 aliphatic rings. The molecular formula is C28H25N5O4. The molecule has 0 unspecified atom stereocenters. The number of hydrogen-bond acceptors (Lipinski definition) is 6. The molecule has 0 spiro atoms. The molecule has 37 heavy (non-hydrogen) atoms. The Labute approximate surface area is 213 Å². The van der Waals surface area contributed by atoms with E-state index in [1.54, 1.807) is 36.6 Å². The normalized spacial score (nSPS) is 11.7. The fourth-order valence-corrected chi connectivity index (χ4v) is 4.22. The number of nitrogens with one attached hydrogen (secondary N) is 1. The van der Waals surface area contributed by atoms with Crippen LogP contribution in [0, 0.1) is 0 Å². The Kier molecular flexibility index (Phi) is 6.93. The summed E-state index contributed by atoms with van der Waals surface area (Å²) >= 11 is 0. The van der Waals surface area contributed by atoms with E-state index in [0.29, 0.717) is 33.8 Å². The van der Waals surface area contributed by atoms with Gasteiger partial charge in [0, 0.05) is 0 Å². The summed E-state index contributed by atoms with van der Waals surface area (Å²) < 4.78 is 12.5. The van der Waals surface area contributed by atoms with E-state index in [1.165, 1.54) is 16.7 Å². The quantitative estimate of drug-likeness (QED) is 0.330. The summed E-state index contributed by atoms with van der Waals surface area (Å²) in [7, 11) is 1.53. The molecular weight excluding hydrogens is 470 g/mol.